The second-order valence-corrected chi connectivity index (χ2v) is 9.25. The van der Waals surface area contributed by atoms with E-state index in [9.17, 15) is 13.2 Å². The van der Waals surface area contributed by atoms with Crippen LogP contribution in [0.5, 0.6) is 11.5 Å². The van der Waals surface area contributed by atoms with Crippen molar-refractivity contribution in [1.82, 2.24) is 4.90 Å². The van der Waals surface area contributed by atoms with Gasteiger partial charge in [-0.3, -0.25) is 4.79 Å². The molecule has 0 spiro atoms. The van der Waals surface area contributed by atoms with E-state index in [1.165, 1.54) is 19.2 Å². The lowest BCUT2D eigenvalue weighted by molar-refractivity contribution is -0.133. The van der Waals surface area contributed by atoms with E-state index in [0.717, 1.165) is 18.4 Å². The Labute approximate surface area is 172 Å². The lowest BCUT2D eigenvalue weighted by atomic mass is 10.1. The molecular formula is C22H27NO5S. The van der Waals surface area contributed by atoms with Gasteiger partial charge in [-0.1, -0.05) is 26.0 Å². The van der Waals surface area contributed by atoms with E-state index in [2.05, 4.69) is 0 Å². The lowest BCUT2D eigenvalue weighted by Gasteiger charge is -2.23. The molecule has 0 heterocycles. The highest BCUT2D eigenvalue weighted by Gasteiger charge is 2.32. The van der Waals surface area contributed by atoms with Crippen LogP contribution in [-0.2, 0) is 21.5 Å². The fraction of sp³-hybridized carbons (Fsp3) is 0.409. The van der Waals surface area contributed by atoms with Gasteiger partial charge >= 0.3 is 10.1 Å². The number of nitrogens with zero attached hydrogens (tertiary/aromatic N) is 1. The van der Waals surface area contributed by atoms with Crippen molar-refractivity contribution in [3.8, 4) is 11.5 Å². The van der Waals surface area contributed by atoms with E-state index in [0.29, 0.717) is 30.7 Å². The summed E-state index contributed by atoms with van der Waals surface area (Å²) in [5.41, 5.74) is 0.947. The minimum atomic E-state index is -3.92. The number of methoxy groups -OCH3 is 1. The number of rotatable bonds is 9. The first-order chi connectivity index (χ1) is 13.8. The predicted octanol–water partition coefficient (Wildman–Crippen LogP) is 4.00. The highest BCUT2D eigenvalue weighted by molar-refractivity contribution is 7.87. The van der Waals surface area contributed by atoms with Gasteiger partial charge in [0, 0.05) is 19.0 Å². The van der Waals surface area contributed by atoms with Crippen LogP contribution in [0.25, 0.3) is 0 Å². The van der Waals surface area contributed by atoms with Gasteiger partial charge in [0.2, 0.25) is 5.91 Å². The molecule has 0 radical (unpaired) electrons. The Morgan fingerprint density at radius 3 is 2.14 bits per heavy atom. The third-order valence-electron chi connectivity index (χ3n) is 4.72. The van der Waals surface area contributed by atoms with Gasteiger partial charge in [0.05, 0.1) is 7.11 Å². The molecule has 0 aromatic heterocycles. The minimum Gasteiger partial charge on any atom is -0.497 e. The van der Waals surface area contributed by atoms with Crippen LogP contribution in [0.15, 0.2) is 53.4 Å². The molecule has 0 unspecified atom stereocenters. The molecule has 1 amide bonds. The average molecular weight is 418 g/mol. The summed E-state index contributed by atoms with van der Waals surface area (Å²) in [6.45, 7) is 4.61. The fourth-order valence-corrected chi connectivity index (χ4v) is 3.97. The first-order valence-corrected chi connectivity index (χ1v) is 11.2. The van der Waals surface area contributed by atoms with Crippen LogP contribution in [-0.4, -0.2) is 32.4 Å². The maximum atomic E-state index is 12.5. The number of hydrogen-bond acceptors (Lipinski definition) is 5. The van der Waals surface area contributed by atoms with E-state index in [4.69, 9.17) is 8.92 Å². The second kappa shape index (κ2) is 8.86. The summed E-state index contributed by atoms with van der Waals surface area (Å²) >= 11 is 0. The third-order valence-corrected chi connectivity index (χ3v) is 5.98. The molecule has 1 saturated carbocycles. The van der Waals surface area contributed by atoms with Gasteiger partial charge in [-0.15, -0.1) is 0 Å². The molecule has 1 aliphatic carbocycles. The fourth-order valence-electron chi connectivity index (χ4n) is 3.04. The number of hydrogen-bond donors (Lipinski definition) is 0. The van der Waals surface area contributed by atoms with Crippen LogP contribution < -0.4 is 8.92 Å². The molecule has 0 bridgehead atoms. The first kappa shape index (κ1) is 21.2. The largest absolute Gasteiger partial charge is 0.497 e. The van der Waals surface area contributed by atoms with E-state index >= 15 is 0 Å². The Morgan fingerprint density at radius 2 is 1.62 bits per heavy atom. The van der Waals surface area contributed by atoms with Crippen molar-refractivity contribution in [2.75, 3.05) is 7.11 Å². The van der Waals surface area contributed by atoms with Crippen molar-refractivity contribution in [2.24, 2.45) is 5.92 Å². The number of carbonyl (C=O) groups is 1. The Morgan fingerprint density at radius 1 is 1.03 bits per heavy atom. The topological polar surface area (TPSA) is 72.9 Å². The molecule has 29 heavy (non-hydrogen) atoms. The third kappa shape index (κ3) is 5.73. The van der Waals surface area contributed by atoms with Gasteiger partial charge in [0.15, 0.2) is 0 Å². The highest BCUT2D eigenvalue weighted by atomic mass is 32.2. The van der Waals surface area contributed by atoms with Crippen LogP contribution in [0, 0.1) is 5.92 Å². The van der Waals surface area contributed by atoms with Crippen LogP contribution in [0.3, 0.4) is 0 Å². The van der Waals surface area contributed by atoms with Gasteiger partial charge in [0.1, 0.15) is 16.4 Å². The molecule has 0 aliphatic heterocycles. The summed E-state index contributed by atoms with van der Waals surface area (Å²) < 4.78 is 35.1. The molecule has 0 atom stereocenters. The Kier molecular flexibility index (Phi) is 6.47. The van der Waals surface area contributed by atoms with Crippen LogP contribution in [0.1, 0.15) is 38.7 Å². The second-order valence-electron chi connectivity index (χ2n) is 7.71. The zero-order valence-corrected chi connectivity index (χ0v) is 17.8. The molecule has 1 aliphatic rings. The monoisotopic (exact) mass is 417 g/mol. The van der Waals surface area contributed by atoms with Gasteiger partial charge in [0.25, 0.3) is 0 Å². The first-order valence-electron chi connectivity index (χ1n) is 9.75. The van der Waals surface area contributed by atoms with Gasteiger partial charge in [-0.25, -0.2) is 0 Å². The standard InChI is InChI=1S/C22H27NO5S/c1-16(2)14-22(24)23(18-6-7-18)15-17-4-8-20(9-5-17)28-29(25,26)21-12-10-19(27-3)11-13-21/h4-5,8-13,16,18H,6-7,14-15H2,1-3H3. The molecule has 2 aromatic rings. The average Bonchev–Trinajstić information content (AvgIpc) is 3.51. The van der Waals surface area contributed by atoms with Gasteiger partial charge in [-0.05, 0) is 60.7 Å². The van der Waals surface area contributed by atoms with Crippen molar-refractivity contribution < 1.29 is 22.1 Å². The Hall–Kier alpha value is -2.54. The number of amides is 1. The quantitative estimate of drug-likeness (QED) is 0.577. The highest BCUT2D eigenvalue weighted by Crippen LogP contribution is 2.30. The SMILES string of the molecule is COc1ccc(S(=O)(=O)Oc2ccc(CN(C(=O)CC(C)C)C3CC3)cc2)cc1. The maximum absolute atomic E-state index is 12.5. The van der Waals surface area contributed by atoms with Crippen LogP contribution in [0.2, 0.25) is 0 Å². The summed E-state index contributed by atoms with van der Waals surface area (Å²) in [6.07, 6.45) is 2.63. The van der Waals surface area contributed by atoms with E-state index < -0.39 is 10.1 Å². The smallest absolute Gasteiger partial charge is 0.339 e. The van der Waals surface area contributed by atoms with Crippen molar-refractivity contribution in [1.29, 1.82) is 0 Å². The molecule has 0 saturated heterocycles. The summed E-state index contributed by atoms with van der Waals surface area (Å²) in [4.78, 5) is 14.5. The minimum absolute atomic E-state index is 0.0570. The zero-order chi connectivity index (χ0) is 21.0. The summed E-state index contributed by atoms with van der Waals surface area (Å²) in [7, 11) is -2.41. The van der Waals surface area contributed by atoms with Crippen molar-refractivity contribution in [2.45, 2.75) is 50.6 Å². The van der Waals surface area contributed by atoms with Gasteiger partial charge < -0.3 is 13.8 Å². The van der Waals surface area contributed by atoms with Crippen molar-refractivity contribution >= 4 is 16.0 Å². The molecule has 1 fully saturated rings. The maximum Gasteiger partial charge on any atom is 0.339 e. The Balaban J connectivity index is 1.66. The molecule has 7 heteroatoms. The molecule has 0 N–H and O–H groups in total. The van der Waals surface area contributed by atoms with Crippen LogP contribution in [0.4, 0.5) is 0 Å². The lowest BCUT2D eigenvalue weighted by Crippen LogP contribution is -2.33. The zero-order valence-electron chi connectivity index (χ0n) is 17.0. The van der Waals surface area contributed by atoms with Crippen LogP contribution >= 0.6 is 0 Å². The Bertz CT molecular complexity index is 932. The number of carbonyl (C=O) groups excluding carboxylic acids is 1. The summed E-state index contributed by atoms with van der Waals surface area (Å²) in [6, 6.07) is 13.2. The van der Waals surface area contributed by atoms with Crippen molar-refractivity contribution in [3.63, 3.8) is 0 Å². The molecule has 2 aromatic carbocycles. The van der Waals surface area contributed by atoms with E-state index in [1.54, 1.807) is 36.4 Å². The van der Waals surface area contributed by atoms with Crippen molar-refractivity contribution in [3.05, 3.63) is 54.1 Å². The summed E-state index contributed by atoms with van der Waals surface area (Å²) in [5.74, 6) is 1.30. The molecular weight excluding hydrogens is 390 g/mol. The molecule has 3 rings (SSSR count). The number of benzene rings is 2. The number of ether oxygens (including phenoxy) is 1. The normalized spacial score (nSPS) is 13.9. The van der Waals surface area contributed by atoms with Gasteiger partial charge in [-0.2, -0.15) is 8.42 Å². The predicted molar refractivity (Wildman–Crippen MR) is 110 cm³/mol. The molecule has 6 nitrogen and oxygen atoms in total. The molecule has 156 valence electrons. The van der Waals surface area contributed by atoms with E-state index in [-0.39, 0.29) is 16.6 Å². The summed E-state index contributed by atoms with van der Waals surface area (Å²) in [5, 5.41) is 0. The van der Waals surface area contributed by atoms with E-state index in [1.807, 2.05) is 18.7 Å².